The summed E-state index contributed by atoms with van der Waals surface area (Å²) in [5.41, 5.74) is 2.80. The first kappa shape index (κ1) is 9.71. The van der Waals surface area contributed by atoms with Crippen molar-refractivity contribution in [3.05, 3.63) is 59.9 Å². The number of halogens is 1. The van der Waals surface area contributed by atoms with E-state index in [-0.39, 0.29) is 5.82 Å². The van der Waals surface area contributed by atoms with Crippen LogP contribution in [-0.4, -0.2) is 0 Å². The average molecular weight is 201 g/mol. The van der Waals surface area contributed by atoms with Gasteiger partial charge in [0.15, 0.2) is 0 Å². The standard InChI is InChI=1S/C13H12FN/c1-10-7-8-11(14)9-13(10)15-12-5-3-2-4-6-12/h2-9,15H,1H3. The van der Waals surface area contributed by atoms with Crippen LogP contribution in [0, 0.1) is 12.7 Å². The summed E-state index contributed by atoms with van der Waals surface area (Å²) in [5.74, 6) is -0.223. The lowest BCUT2D eigenvalue weighted by Gasteiger charge is -2.09. The SMILES string of the molecule is Cc1ccc(F)cc1Nc1ccccc1. The second kappa shape index (κ2) is 4.13. The molecule has 76 valence electrons. The van der Waals surface area contributed by atoms with Gasteiger partial charge in [-0.15, -0.1) is 0 Å². The van der Waals surface area contributed by atoms with Crippen LogP contribution in [0.4, 0.5) is 15.8 Å². The van der Waals surface area contributed by atoms with Gasteiger partial charge >= 0.3 is 0 Å². The molecule has 0 saturated heterocycles. The predicted molar refractivity (Wildman–Crippen MR) is 60.9 cm³/mol. The van der Waals surface area contributed by atoms with Gasteiger partial charge in [-0.3, -0.25) is 0 Å². The smallest absolute Gasteiger partial charge is 0.125 e. The molecule has 2 heteroatoms. The van der Waals surface area contributed by atoms with E-state index in [4.69, 9.17) is 0 Å². The van der Waals surface area contributed by atoms with Crippen LogP contribution in [0.1, 0.15) is 5.56 Å². The minimum atomic E-state index is -0.223. The number of hydrogen-bond acceptors (Lipinski definition) is 1. The summed E-state index contributed by atoms with van der Waals surface area (Å²) in [6, 6.07) is 14.5. The molecule has 0 atom stereocenters. The summed E-state index contributed by atoms with van der Waals surface area (Å²) >= 11 is 0. The van der Waals surface area contributed by atoms with Gasteiger partial charge in [0.25, 0.3) is 0 Å². The maximum Gasteiger partial charge on any atom is 0.125 e. The minimum Gasteiger partial charge on any atom is -0.355 e. The van der Waals surface area contributed by atoms with Gasteiger partial charge in [-0.05, 0) is 36.8 Å². The predicted octanol–water partition coefficient (Wildman–Crippen LogP) is 3.88. The van der Waals surface area contributed by atoms with E-state index in [9.17, 15) is 4.39 Å². The third-order valence-electron chi connectivity index (χ3n) is 2.25. The molecule has 0 aliphatic carbocycles. The molecule has 0 bridgehead atoms. The second-order valence-corrected chi connectivity index (χ2v) is 3.45. The number of nitrogens with one attached hydrogen (secondary N) is 1. The van der Waals surface area contributed by atoms with Crippen molar-refractivity contribution in [2.45, 2.75) is 6.92 Å². The number of benzene rings is 2. The molecule has 2 rings (SSSR count). The Morgan fingerprint density at radius 2 is 1.73 bits per heavy atom. The van der Waals surface area contributed by atoms with Crippen LogP contribution >= 0.6 is 0 Å². The van der Waals surface area contributed by atoms with Crippen molar-refractivity contribution in [1.29, 1.82) is 0 Å². The summed E-state index contributed by atoms with van der Waals surface area (Å²) in [4.78, 5) is 0. The van der Waals surface area contributed by atoms with Crippen LogP contribution in [0.2, 0.25) is 0 Å². The fraction of sp³-hybridized carbons (Fsp3) is 0.0769. The molecule has 0 radical (unpaired) electrons. The average Bonchev–Trinajstić information content (AvgIpc) is 2.25. The lowest BCUT2D eigenvalue weighted by molar-refractivity contribution is 0.628. The van der Waals surface area contributed by atoms with Gasteiger partial charge in [-0.25, -0.2) is 4.39 Å². The Hall–Kier alpha value is -1.83. The Morgan fingerprint density at radius 3 is 2.47 bits per heavy atom. The summed E-state index contributed by atoms with van der Waals surface area (Å²) in [7, 11) is 0. The zero-order chi connectivity index (χ0) is 10.7. The van der Waals surface area contributed by atoms with Gasteiger partial charge in [0.05, 0.1) is 0 Å². The maximum absolute atomic E-state index is 13.0. The first-order valence-corrected chi connectivity index (χ1v) is 4.84. The number of aryl methyl sites for hydroxylation is 1. The van der Waals surface area contributed by atoms with Crippen molar-refractivity contribution in [1.82, 2.24) is 0 Å². The highest BCUT2D eigenvalue weighted by Gasteiger charge is 1.99. The topological polar surface area (TPSA) is 12.0 Å². The first-order valence-electron chi connectivity index (χ1n) is 4.84. The molecule has 0 spiro atoms. The molecule has 15 heavy (non-hydrogen) atoms. The van der Waals surface area contributed by atoms with Gasteiger partial charge in [-0.1, -0.05) is 24.3 Å². The molecule has 0 unspecified atom stereocenters. The Balaban J connectivity index is 2.28. The van der Waals surface area contributed by atoms with Gasteiger partial charge < -0.3 is 5.32 Å². The molecule has 1 nitrogen and oxygen atoms in total. The van der Waals surface area contributed by atoms with Crippen molar-refractivity contribution in [2.75, 3.05) is 5.32 Å². The van der Waals surface area contributed by atoms with Gasteiger partial charge in [0.2, 0.25) is 0 Å². The molecular formula is C13H12FN. The Morgan fingerprint density at radius 1 is 1.00 bits per heavy atom. The molecular weight excluding hydrogens is 189 g/mol. The largest absolute Gasteiger partial charge is 0.355 e. The molecule has 0 amide bonds. The number of hydrogen-bond donors (Lipinski definition) is 1. The zero-order valence-corrected chi connectivity index (χ0v) is 8.50. The highest BCUT2D eigenvalue weighted by molar-refractivity contribution is 5.62. The van der Waals surface area contributed by atoms with Crippen molar-refractivity contribution in [3.8, 4) is 0 Å². The Labute approximate surface area is 88.6 Å². The third kappa shape index (κ3) is 2.34. The molecule has 2 aromatic rings. The van der Waals surface area contributed by atoms with E-state index in [0.717, 1.165) is 16.9 Å². The van der Waals surface area contributed by atoms with Crippen LogP contribution in [0.5, 0.6) is 0 Å². The van der Waals surface area contributed by atoms with Crippen LogP contribution in [-0.2, 0) is 0 Å². The number of anilines is 2. The second-order valence-electron chi connectivity index (χ2n) is 3.45. The summed E-state index contributed by atoms with van der Waals surface area (Å²) in [6.45, 7) is 1.95. The maximum atomic E-state index is 13.0. The quantitative estimate of drug-likeness (QED) is 0.777. The normalized spacial score (nSPS) is 10.0. The van der Waals surface area contributed by atoms with Gasteiger partial charge in [0.1, 0.15) is 5.82 Å². The van der Waals surface area contributed by atoms with Crippen molar-refractivity contribution >= 4 is 11.4 Å². The first-order chi connectivity index (χ1) is 7.25. The van der Waals surface area contributed by atoms with Crippen LogP contribution < -0.4 is 5.32 Å². The Bertz CT molecular complexity index is 451. The lowest BCUT2D eigenvalue weighted by atomic mass is 10.2. The van der Waals surface area contributed by atoms with E-state index in [1.807, 2.05) is 37.3 Å². The molecule has 0 saturated carbocycles. The summed E-state index contributed by atoms with van der Waals surface area (Å²) in [6.07, 6.45) is 0. The van der Waals surface area contributed by atoms with E-state index in [1.165, 1.54) is 12.1 Å². The van der Waals surface area contributed by atoms with Crippen molar-refractivity contribution in [2.24, 2.45) is 0 Å². The van der Waals surface area contributed by atoms with Crippen LogP contribution in [0.25, 0.3) is 0 Å². The van der Waals surface area contributed by atoms with E-state index >= 15 is 0 Å². The molecule has 0 heterocycles. The van der Waals surface area contributed by atoms with Crippen LogP contribution in [0.3, 0.4) is 0 Å². The van der Waals surface area contributed by atoms with Gasteiger partial charge in [0, 0.05) is 11.4 Å². The van der Waals surface area contributed by atoms with E-state index in [1.54, 1.807) is 6.07 Å². The summed E-state index contributed by atoms with van der Waals surface area (Å²) < 4.78 is 13.0. The van der Waals surface area contributed by atoms with Gasteiger partial charge in [-0.2, -0.15) is 0 Å². The third-order valence-corrected chi connectivity index (χ3v) is 2.25. The highest BCUT2D eigenvalue weighted by Crippen LogP contribution is 2.20. The number of rotatable bonds is 2. The Kier molecular flexibility index (Phi) is 2.68. The molecule has 0 aliphatic rings. The monoisotopic (exact) mass is 201 g/mol. The fourth-order valence-corrected chi connectivity index (χ4v) is 1.41. The van der Waals surface area contributed by atoms with Crippen molar-refractivity contribution < 1.29 is 4.39 Å². The molecule has 0 aromatic heterocycles. The van der Waals surface area contributed by atoms with E-state index in [2.05, 4.69) is 5.32 Å². The lowest BCUT2D eigenvalue weighted by Crippen LogP contribution is -1.93. The fourth-order valence-electron chi connectivity index (χ4n) is 1.41. The van der Waals surface area contributed by atoms with Crippen LogP contribution in [0.15, 0.2) is 48.5 Å². The highest BCUT2D eigenvalue weighted by atomic mass is 19.1. The molecule has 0 aliphatic heterocycles. The van der Waals surface area contributed by atoms with Crippen molar-refractivity contribution in [3.63, 3.8) is 0 Å². The molecule has 2 aromatic carbocycles. The van der Waals surface area contributed by atoms with E-state index in [0.29, 0.717) is 0 Å². The molecule has 0 fully saturated rings. The summed E-state index contributed by atoms with van der Waals surface area (Å²) in [5, 5.41) is 3.17. The zero-order valence-electron chi connectivity index (χ0n) is 8.50. The molecule has 1 N–H and O–H groups in total. The van der Waals surface area contributed by atoms with E-state index < -0.39 is 0 Å². The minimum absolute atomic E-state index is 0.223. The number of para-hydroxylation sites is 1.